The summed E-state index contributed by atoms with van der Waals surface area (Å²) in [6, 6.07) is 15.8. The first-order valence-electron chi connectivity index (χ1n) is 9.08. The van der Waals surface area contributed by atoms with E-state index in [4.69, 9.17) is 9.15 Å². The summed E-state index contributed by atoms with van der Waals surface area (Å²) in [7, 11) is 1.65. The fourth-order valence-corrected chi connectivity index (χ4v) is 3.60. The molecule has 4 aromatic rings. The van der Waals surface area contributed by atoms with E-state index < -0.39 is 0 Å². The number of nitrogens with zero attached hydrogens (tertiary/aromatic N) is 6. The average Bonchev–Trinajstić information content (AvgIpc) is 3.39. The zero-order chi connectivity index (χ0) is 20.2. The number of rotatable bonds is 7. The van der Waals surface area contributed by atoms with Gasteiger partial charge in [-0.1, -0.05) is 41.6 Å². The summed E-state index contributed by atoms with van der Waals surface area (Å²) in [6.07, 6.45) is 0. The van der Waals surface area contributed by atoms with Gasteiger partial charge in [0, 0.05) is 5.56 Å². The van der Waals surface area contributed by atoms with E-state index >= 15 is 0 Å². The van der Waals surface area contributed by atoms with Crippen LogP contribution in [0, 0.1) is 6.92 Å². The van der Waals surface area contributed by atoms with E-state index in [0.717, 1.165) is 22.4 Å². The number of hydrogen-bond acceptors (Lipinski definition) is 8. The van der Waals surface area contributed by atoms with Crippen LogP contribution < -0.4 is 4.74 Å². The third-order valence-corrected chi connectivity index (χ3v) is 5.38. The van der Waals surface area contributed by atoms with E-state index in [1.807, 2.05) is 62.4 Å². The lowest BCUT2D eigenvalue weighted by Crippen LogP contribution is -2.04. The smallest absolute Gasteiger partial charge is 0.247 e. The molecule has 4 rings (SSSR count). The Morgan fingerprint density at radius 1 is 1.10 bits per heavy atom. The van der Waals surface area contributed by atoms with Crippen LogP contribution in [0.15, 0.2) is 58.1 Å². The van der Waals surface area contributed by atoms with Crippen LogP contribution in [-0.2, 0) is 6.54 Å². The Bertz CT molecular complexity index is 1090. The minimum atomic E-state index is -0.0957. The first kappa shape index (κ1) is 19.1. The van der Waals surface area contributed by atoms with Gasteiger partial charge in [-0.05, 0) is 54.1 Å². The maximum absolute atomic E-state index is 5.88. The van der Waals surface area contributed by atoms with Gasteiger partial charge in [-0.3, -0.25) is 0 Å². The number of hydrogen-bond donors (Lipinski definition) is 0. The van der Waals surface area contributed by atoms with Crippen molar-refractivity contribution in [3.63, 3.8) is 0 Å². The number of methoxy groups -OCH3 is 1. The summed E-state index contributed by atoms with van der Waals surface area (Å²) >= 11 is 1.47. The van der Waals surface area contributed by atoms with E-state index in [-0.39, 0.29) is 5.25 Å². The highest BCUT2D eigenvalue weighted by molar-refractivity contribution is 7.99. The van der Waals surface area contributed by atoms with E-state index in [2.05, 4.69) is 25.7 Å². The first-order valence-corrected chi connectivity index (χ1v) is 9.96. The SMILES string of the molecule is COc1ccc(Cn2nnnc2S[C@H](C)c2nnc(-c3cccc(C)c3)o2)cc1. The maximum Gasteiger partial charge on any atom is 0.247 e. The van der Waals surface area contributed by atoms with Crippen LogP contribution in [0.25, 0.3) is 11.5 Å². The number of tetrazole rings is 1. The minimum Gasteiger partial charge on any atom is -0.497 e. The van der Waals surface area contributed by atoms with Gasteiger partial charge in [-0.15, -0.1) is 15.3 Å². The molecule has 0 amide bonds. The van der Waals surface area contributed by atoms with E-state index in [1.165, 1.54) is 11.8 Å². The van der Waals surface area contributed by atoms with Gasteiger partial charge in [0.1, 0.15) is 5.75 Å². The molecule has 2 aromatic heterocycles. The van der Waals surface area contributed by atoms with Crippen LogP contribution in [0.1, 0.15) is 29.2 Å². The first-order chi connectivity index (χ1) is 14.1. The standard InChI is InChI=1S/C20H20N6O2S/c1-13-5-4-6-16(11-13)19-22-21-18(28-19)14(2)29-20-23-24-25-26(20)12-15-7-9-17(27-3)10-8-15/h4-11,14H,12H2,1-3H3/t14-/m1/s1. The lowest BCUT2D eigenvalue weighted by atomic mass is 10.1. The molecule has 2 heterocycles. The van der Waals surface area contributed by atoms with Gasteiger partial charge >= 0.3 is 0 Å². The number of thioether (sulfide) groups is 1. The molecule has 0 radical (unpaired) electrons. The van der Waals surface area contributed by atoms with Crippen molar-refractivity contribution in [2.75, 3.05) is 7.11 Å². The van der Waals surface area contributed by atoms with Gasteiger partial charge in [0.25, 0.3) is 0 Å². The predicted octanol–water partition coefficient (Wildman–Crippen LogP) is 3.94. The lowest BCUT2D eigenvalue weighted by molar-refractivity contribution is 0.414. The topological polar surface area (TPSA) is 91.8 Å². The molecule has 9 heteroatoms. The fourth-order valence-electron chi connectivity index (χ4n) is 2.79. The molecule has 8 nitrogen and oxygen atoms in total. The number of aryl methyl sites for hydroxylation is 1. The highest BCUT2D eigenvalue weighted by atomic mass is 32.2. The lowest BCUT2D eigenvalue weighted by Gasteiger charge is -2.08. The van der Waals surface area contributed by atoms with Crippen LogP contribution in [-0.4, -0.2) is 37.5 Å². The molecular weight excluding hydrogens is 388 g/mol. The van der Waals surface area contributed by atoms with Crippen molar-refractivity contribution < 1.29 is 9.15 Å². The normalized spacial score (nSPS) is 12.1. The molecule has 0 aliphatic carbocycles. The van der Waals surface area contributed by atoms with Crippen molar-refractivity contribution in [3.05, 3.63) is 65.5 Å². The molecule has 0 fully saturated rings. The fraction of sp³-hybridized carbons (Fsp3) is 0.250. The molecule has 0 spiro atoms. The van der Waals surface area contributed by atoms with E-state index in [0.29, 0.717) is 23.5 Å². The molecule has 148 valence electrons. The van der Waals surface area contributed by atoms with Crippen LogP contribution >= 0.6 is 11.8 Å². The molecule has 0 aliphatic heterocycles. The predicted molar refractivity (Wildman–Crippen MR) is 109 cm³/mol. The Hall–Kier alpha value is -3.20. The summed E-state index contributed by atoms with van der Waals surface area (Å²) in [5.74, 6) is 1.86. The van der Waals surface area contributed by atoms with Crippen LogP contribution in [0.4, 0.5) is 0 Å². The average molecular weight is 408 g/mol. The quantitative estimate of drug-likeness (QED) is 0.425. The Kier molecular flexibility index (Phi) is 5.57. The molecule has 29 heavy (non-hydrogen) atoms. The Morgan fingerprint density at radius 2 is 1.93 bits per heavy atom. The van der Waals surface area contributed by atoms with Crippen molar-refractivity contribution in [1.82, 2.24) is 30.4 Å². The second kappa shape index (κ2) is 8.44. The van der Waals surface area contributed by atoms with Gasteiger partial charge in [-0.25, -0.2) is 4.68 Å². The summed E-state index contributed by atoms with van der Waals surface area (Å²) in [5.41, 5.74) is 3.12. The molecule has 0 saturated carbocycles. The summed E-state index contributed by atoms with van der Waals surface area (Å²) in [5, 5.41) is 21.0. The molecule has 0 aliphatic rings. The summed E-state index contributed by atoms with van der Waals surface area (Å²) < 4.78 is 12.8. The molecule has 0 unspecified atom stereocenters. The Balaban J connectivity index is 1.46. The number of aromatic nitrogens is 6. The maximum atomic E-state index is 5.88. The molecule has 0 bridgehead atoms. The molecule has 0 N–H and O–H groups in total. The van der Waals surface area contributed by atoms with Crippen molar-refractivity contribution in [1.29, 1.82) is 0 Å². The van der Waals surface area contributed by atoms with E-state index in [1.54, 1.807) is 11.8 Å². The minimum absolute atomic E-state index is 0.0957. The summed E-state index contributed by atoms with van der Waals surface area (Å²) in [4.78, 5) is 0. The Morgan fingerprint density at radius 3 is 2.69 bits per heavy atom. The van der Waals surface area contributed by atoms with Crippen molar-refractivity contribution in [3.8, 4) is 17.2 Å². The number of benzene rings is 2. The summed E-state index contributed by atoms with van der Waals surface area (Å²) in [6.45, 7) is 4.58. The largest absolute Gasteiger partial charge is 0.497 e. The van der Waals surface area contributed by atoms with E-state index in [9.17, 15) is 0 Å². The monoisotopic (exact) mass is 408 g/mol. The molecule has 2 aromatic carbocycles. The zero-order valence-electron chi connectivity index (χ0n) is 16.3. The van der Waals surface area contributed by atoms with Gasteiger partial charge in [-0.2, -0.15) is 0 Å². The highest BCUT2D eigenvalue weighted by Crippen LogP contribution is 2.34. The highest BCUT2D eigenvalue weighted by Gasteiger charge is 2.20. The van der Waals surface area contributed by atoms with Gasteiger partial charge in [0.2, 0.25) is 16.9 Å². The Labute approximate surface area is 172 Å². The zero-order valence-corrected chi connectivity index (χ0v) is 17.1. The second-order valence-corrected chi connectivity index (χ2v) is 7.85. The van der Waals surface area contributed by atoms with Crippen LogP contribution in [0.2, 0.25) is 0 Å². The van der Waals surface area contributed by atoms with Crippen LogP contribution in [0.5, 0.6) is 5.75 Å². The second-order valence-electron chi connectivity index (χ2n) is 6.54. The third kappa shape index (κ3) is 4.45. The third-order valence-electron chi connectivity index (χ3n) is 4.33. The van der Waals surface area contributed by atoms with Gasteiger partial charge in [0.15, 0.2) is 0 Å². The van der Waals surface area contributed by atoms with Crippen molar-refractivity contribution >= 4 is 11.8 Å². The molecule has 1 atom stereocenters. The molecular formula is C20H20N6O2S. The molecule has 0 saturated heterocycles. The number of ether oxygens (including phenoxy) is 1. The van der Waals surface area contributed by atoms with Crippen molar-refractivity contribution in [2.24, 2.45) is 0 Å². The van der Waals surface area contributed by atoms with Gasteiger partial charge < -0.3 is 9.15 Å². The van der Waals surface area contributed by atoms with Gasteiger partial charge in [0.05, 0.1) is 18.9 Å². The van der Waals surface area contributed by atoms with Crippen molar-refractivity contribution in [2.45, 2.75) is 30.8 Å². The van der Waals surface area contributed by atoms with Crippen LogP contribution in [0.3, 0.4) is 0 Å².